The van der Waals surface area contributed by atoms with Crippen LogP contribution in [0.1, 0.15) is 5.56 Å². The zero-order valence-electron chi connectivity index (χ0n) is 13.2. The molecule has 2 heterocycles. The van der Waals surface area contributed by atoms with Crippen molar-refractivity contribution in [2.45, 2.75) is 6.54 Å². The third-order valence-electron chi connectivity index (χ3n) is 4.25. The van der Waals surface area contributed by atoms with E-state index in [1.54, 1.807) is 0 Å². The van der Waals surface area contributed by atoms with Crippen LogP contribution in [-0.4, -0.2) is 14.5 Å². The molecule has 2 aromatic heterocycles. The van der Waals surface area contributed by atoms with E-state index in [0.717, 1.165) is 0 Å². The van der Waals surface area contributed by atoms with E-state index in [0.29, 0.717) is 16.7 Å². The fraction of sp³-hybridized carbons (Fsp3) is 0.0588. The highest BCUT2D eigenvalue weighted by Gasteiger charge is 2.23. The average molecular weight is 375 g/mol. The van der Waals surface area contributed by atoms with Crippen molar-refractivity contribution in [2.24, 2.45) is 0 Å². The second-order valence-electron chi connectivity index (χ2n) is 5.85. The number of hydrogen-bond donors (Lipinski definition) is 2. The monoisotopic (exact) mass is 375 g/mol. The Hall–Kier alpha value is -3.69. The van der Waals surface area contributed by atoms with Crippen molar-refractivity contribution in [2.75, 3.05) is 0 Å². The van der Waals surface area contributed by atoms with E-state index in [9.17, 15) is 32.3 Å². The van der Waals surface area contributed by atoms with Gasteiger partial charge < -0.3 is 9.97 Å². The van der Waals surface area contributed by atoms with E-state index in [4.69, 9.17) is 0 Å². The lowest BCUT2D eigenvalue weighted by molar-refractivity contribution is 0.444. The van der Waals surface area contributed by atoms with E-state index >= 15 is 0 Å². The predicted octanol–water partition coefficient (Wildman–Crippen LogP) is 0.795. The van der Waals surface area contributed by atoms with Gasteiger partial charge >= 0.3 is 0 Å². The first-order valence-corrected chi connectivity index (χ1v) is 7.57. The quantitative estimate of drug-likeness (QED) is 0.506. The molecule has 0 aliphatic heterocycles. The molecule has 0 saturated heterocycles. The van der Waals surface area contributed by atoms with Crippen LogP contribution < -0.4 is 22.0 Å². The van der Waals surface area contributed by atoms with Gasteiger partial charge in [0.1, 0.15) is 21.8 Å². The molecule has 0 bridgehead atoms. The van der Waals surface area contributed by atoms with Gasteiger partial charge in [0, 0.05) is 12.4 Å². The van der Waals surface area contributed by atoms with Gasteiger partial charge in [0.2, 0.25) is 10.9 Å². The van der Waals surface area contributed by atoms with Crippen LogP contribution >= 0.6 is 0 Å². The van der Waals surface area contributed by atoms with Crippen LogP contribution in [0.15, 0.2) is 43.7 Å². The molecule has 10 heteroatoms. The number of aromatic nitrogens is 3. The summed E-state index contributed by atoms with van der Waals surface area (Å²) in [5, 5.41) is -1.23. The molecule has 136 valence electrons. The molecular weight excluding hydrogens is 367 g/mol. The SMILES string of the molecule is O=c1c2[nH]cc[nH]c2c(=O)c2c(=O)n(Cc3cc(F)c(F)c(F)c3)c(=O)c12. The van der Waals surface area contributed by atoms with Crippen LogP contribution in [0.25, 0.3) is 21.8 Å². The molecule has 0 amide bonds. The Balaban J connectivity index is 2.05. The van der Waals surface area contributed by atoms with E-state index in [2.05, 4.69) is 9.97 Å². The minimum Gasteiger partial charge on any atom is -0.355 e. The fourth-order valence-corrected chi connectivity index (χ4v) is 3.03. The Morgan fingerprint density at radius 1 is 0.778 bits per heavy atom. The second-order valence-corrected chi connectivity index (χ2v) is 5.85. The van der Waals surface area contributed by atoms with Gasteiger partial charge in [-0.3, -0.25) is 23.7 Å². The first-order valence-electron chi connectivity index (χ1n) is 7.57. The molecule has 4 aromatic rings. The predicted molar refractivity (Wildman–Crippen MR) is 89.8 cm³/mol. The van der Waals surface area contributed by atoms with Crippen molar-refractivity contribution in [3.05, 3.63) is 88.7 Å². The van der Waals surface area contributed by atoms with Crippen LogP contribution in [0.3, 0.4) is 0 Å². The Labute approximate surface area is 145 Å². The molecule has 7 nitrogen and oxygen atoms in total. The Morgan fingerprint density at radius 2 is 1.22 bits per heavy atom. The Kier molecular flexibility index (Phi) is 3.51. The zero-order chi connectivity index (χ0) is 19.5. The summed E-state index contributed by atoms with van der Waals surface area (Å²) in [7, 11) is 0. The summed E-state index contributed by atoms with van der Waals surface area (Å²) in [6.07, 6.45) is 2.66. The van der Waals surface area contributed by atoms with Crippen LogP contribution in [0.5, 0.6) is 0 Å². The zero-order valence-corrected chi connectivity index (χ0v) is 13.2. The number of aromatic amines is 2. The summed E-state index contributed by atoms with van der Waals surface area (Å²) >= 11 is 0. The van der Waals surface area contributed by atoms with Crippen LogP contribution in [-0.2, 0) is 6.54 Å². The first kappa shape index (κ1) is 16.8. The van der Waals surface area contributed by atoms with E-state index in [1.807, 2.05) is 0 Å². The van der Waals surface area contributed by atoms with Gasteiger partial charge in [-0.1, -0.05) is 0 Å². The minimum absolute atomic E-state index is 0.178. The molecule has 0 atom stereocenters. The maximum Gasteiger partial charge on any atom is 0.266 e. The number of H-pyrrole nitrogens is 2. The smallest absolute Gasteiger partial charge is 0.266 e. The van der Waals surface area contributed by atoms with Gasteiger partial charge in [-0.2, -0.15) is 0 Å². The molecule has 0 saturated carbocycles. The maximum absolute atomic E-state index is 13.4. The van der Waals surface area contributed by atoms with Crippen molar-refractivity contribution in [3.8, 4) is 0 Å². The highest BCUT2D eigenvalue weighted by Crippen LogP contribution is 2.14. The molecule has 4 rings (SSSR count). The summed E-state index contributed by atoms with van der Waals surface area (Å²) in [4.78, 5) is 55.2. The Bertz CT molecular complexity index is 1370. The second kappa shape index (κ2) is 5.66. The number of fused-ring (bicyclic) bond motifs is 2. The normalized spacial score (nSPS) is 11.5. The van der Waals surface area contributed by atoms with Crippen molar-refractivity contribution in [1.82, 2.24) is 14.5 Å². The number of halogens is 3. The number of nitrogens with one attached hydrogen (secondary N) is 2. The summed E-state index contributed by atoms with van der Waals surface area (Å²) in [5.74, 6) is -4.68. The largest absolute Gasteiger partial charge is 0.355 e. The third-order valence-corrected chi connectivity index (χ3v) is 4.25. The molecule has 27 heavy (non-hydrogen) atoms. The highest BCUT2D eigenvalue weighted by atomic mass is 19.2. The van der Waals surface area contributed by atoms with Gasteiger partial charge in [0.05, 0.1) is 6.54 Å². The number of rotatable bonds is 2. The van der Waals surface area contributed by atoms with Crippen LogP contribution in [0.4, 0.5) is 13.2 Å². The minimum atomic E-state index is -1.69. The number of nitrogens with zero attached hydrogens (tertiary/aromatic N) is 1. The third kappa shape index (κ3) is 2.30. The summed E-state index contributed by atoms with van der Waals surface area (Å²) in [6.45, 7) is -0.636. The maximum atomic E-state index is 13.4. The summed E-state index contributed by atoms with van der Waals surface area (Å²) in [6, 6.07) is 1.24. The van der Waals surface area contributed by atoms with Gasteiger partial charge in [-0.15, -0.1) is 0 Å². The Morgan fingerprint density at radius 3 is 1.67 bits per heavy atom. The topological polar surface area (TPSA) is 105 Å². The fourth-order valence-electron chi connectivity index (χ4n) is 3.03. The van der Waals surface area contributed by atoms with Gasteiger partial charge in [0.15, 0.2) is 17.5 Å². The molecule has 0 spiro atoms. The lowest BCUT2D eigenvalue weighted by Crippen LogP contribution is -2.27. The van der Waals surface area contributed by atoms with Gasteiger partial charge in [-0.25, -0.2) is 13.2 Å². The molecule has 0 aliphatic rings. The molecule has 0 radical (unpaired) electrons. The van der Waals surface area contributed by atoms with Crippen molar-refractivity contribution in [1.29, 1.82) is 0 Å². The van der Waals surface area contributed by atoms with Crippen molar-refractivity contribution < 1.29 is 13.2 Å². The molecule has 0 aliphatic carbocycles. The molecular formula is C17H8F3N3O4. The van der Waals surface area contributed by atoms with Crippen molar-refractivity contribution >= 4 is 21.8 Å². The summed E-state index contributed by atoms with van der Waals surface area (Å²) < 4.78 is 40.3. The van der Waals surface area contributed by atoms with E-state index < -0.39 is 56.7 Å². The average Bonchev–Trinajstić information content (AvgIpc) is 2.89. The molecule has 2 N–H and O–H groups in total. The van der Waals surface area contributed by atoms with E-state index in [1.165, 1.54) is 12.4 Å². The lowest BCUT2D eigenvalue weighted by Gasteiger charge is -2.03. The molecule has 2 aromatic carbocycles. The summed E-state index contributed by atoms with van der Waals surface area (Å²) in [5.41, 5.74) is -4.42. The van der Waals surface area contributed by atoms with Crippen LogP contribution in [0.2, 0.25) is 0 Å². The van der Waals surface area contributed by atoms with Gasteiger partial charge in [0.25, 0.3) is 11.1 Å². The van der Waals surface area contributed by atoms with Crippen LogP contribution in [0, 0.1) is 17.5 Å². The molecule has 0 unspecified atom stereocenters. The van der Waals surface area contributed by atoms with Crippen molar-refractivity contribution in [3.63, 3.8) is 0 Å². The molecule has 0 fully saturated rings. The van der Waals surface area contributed by atoms with Gasteiger partial charge in [-0.05, 0) is 17.7 Å². The first-order chi connectivity index (χ1) is 12.8. The van der Waals surface area contributed by atoms with E-state index in [-0.39, 0.29) is 16.6 Å². The number of benzene rings is 2. The number of hydrogen-bond acceptors (Lipinski definition) is 4. The highest BCUT2D eigenvalue weighted by molar-refractivity contribution is 5.93. The lowest BCUT2D eigenvalue weighted by atomic mass is 10.1. The standard InChI is InChI=1S/C17H8F3N3O4/c18-7-3-6(4-8(19)11(7)20)5-23-16(26)9-10(17(23)27)15(25)13-12(14(9)24)21-1-2-22-13/h1-4,21-22H,5H2.